The lowest BCUT2D eigenvalue weighted by molar-refractivity contribution is -0.149. The number of methoxy groups -OCH3 is 1. The average Bonchev–Trinajstić information content (AvgIpc) is 2.48. The summed E-state index contributed by atoms with van der Waals surface area (Å²) in [5.74, 6) is 0. The third-order valence-electron chi connectivity index (χ3n) is 4.65. The molecule has 0 N–H and O–H groups in total. The highest BCUT2D eigenvalue weighted by atomic mass is 16.5. The molecule has 0 saturated carbocycles. The van der Waals surface area contributed by atoms with Crippen LogP contribution in [-0.4, -0.2) is 49.4 Å². The Kier molecular flexibility index (Phi) is 4.34. The number of rotatable bonds is 4. The Bertz CT molecular complexity index is 422. The van der Waals surface area contributed by atoms with E-state index in [9.17, 15) is 0 Å². The molecule has 0 amide bonds. The van der Waals surface area contributed by atoms with E-state index in [1.807, 2.05) is 19.5 Å². The van der Waals surface area contributed by atoms with Crippen LogP contribution in [0.5, 0.6) is 0 Å². The molecule has 2 fully saturated rings. The van der Waals surface area contributed by atoms with Crippen molar-refractivity contribution in [3.8, 4) is 0 Å². The van der Waals surface area contributed by atoms with Gasteiger partial charge in [-0.2, -0.15) is 0 Å². The van der Waals surface area contributed by atoms with Gasteiger partial charge in [0.25, 0.3) is 0 Å². The summed E-state index contributed by atoms with van der Waals surface area (Å²) >= 11 is 0. The summed E-state index contributed by atoms with van der Waals surface area (Å²) in [6.45, 7) is 4.91. The summed E-state index contributed by atoms with van der Waals surface area (Å²) in [6.07, 6.45) is 7.62. The van der Waals surface area contributed by atoms with Crippen LogP contribution in [0, 0.1) is 5.41 Å². The summed E-state index contributed by atoms with van der Waals surface area (Å²) in [5, 5.41) is 0. The number of likely N-dealkylation sites (tertiary alicyclic amines) is 1. The van der Waals surface area contributed by atoms with Crippen LogP contribution in [0.1, 0.15) is 24.8 Å². The molecule has 4 heteroatoms. The number of ether oxygens (including phenoxy) is 2. The molecule has 1 aromatic heterocycles. The molecule has 4 nitrogen and oxygen atoms in total. The number of pyridine rings is 1. The van der Waals surface area contributed by atoms with Crippen LogP contribution in [0.25, 0.3) is 0 Å². The van der Waals surface area contributed by atoms with E-state index in [0.717, 1.165) is 45.7 Å². The summed E-state index contributed by atoms with van der Waals surface area (Å²) < 4.78 is 11.5. The third kappa shape index (κ3) is 2.87. The minimum Gasteiger partial charge on any atom is -0.384 e. The van der Waals surface area contributed by atoms with Gasteiger partial charge < -0.3 is 9.47 Å². The van der Waals surface area contributed by atoms with Gasteiger partial charge in [0.1, 0.15) is 0 Å². The topological polar surface area (TPSA) is 34.6 Å². The summed E-state index contributed by atoms with van der Waals surface area (Å²) in [4.78, 5) is 6.63. The highest BCUT2D eigenvalue weighted by Crippen LogP contribution is 2.40. The second kappa shape index (κ2) is 6.20. The minimum atomic E-state index is 0.193. The third-order valence-corrected chi connectivity index (χ3v) is 4.65. The molecule has 2 atom stereocenters. The number of nitrogens with zero attached hydrogens (tertiary/aromatic N) is 2. The van der Waals surface area contributed by atoms with Gasteiger partial charge in [0.05, 0.1) is 12.7 Å². The van der Waals surface area contributed by atoms with Gasteiger partial charge in [-0.15, -0.1) is 0 Å². The standard InChI is InChI=1S/C16H24N2O2/c1-19-13-16-6-2-10-20-15(16)5-9-18(12-16)11-14-3-7-17-8-4-14/h3-4,7-8,15H,2,5-6,9-13H2,1H3/t15-,16+/m1/s1. The van der Waals surface area contributed by atoms with Crippen molar-refractivity contribution >= 4 is 0 Å². The Morgan fingerprint density at radius 2 is 2.30 bits per heavy atom. The van der Waals surface area contributed by atoms with Gasteiger partial charge in [-0.05, 0) is 37.0 Å². The van der Waals surface area contributed by atoms with E-state index in [1.54, 1.807) is 0 Å². The number of fused-ring (bicyclic) bond motifs is 1. The Morgan fingerprint density at radius 1 is 1.45 bits per heavy atom. The molecule has 2 saturated heterocycles. The molecule has 0 radical (unpaired) electrons. The Hall–Kier alpha value is -0.970. The van der Waals surface area contributed by atoms with Crippen molar-refractivity contribution in [1.29, 1.82) is 0 Å². The zero-order valence-electron chi connectivity index (χ0n) is 12.3. The predicted octanol–water partition coefficient (Wildman–Crippen LogP) is 2.10. The number of hydrogen-bond acceptors (Lipinski definition) is 4. The Balaban J connectivity index is 1.70. The van der Waals surface area contributed by atoms with E-state index in [4.69, 9.17) is 9.47 Å². The minimum absolute atomic E-state index is 0.193. The molecule has 0 unspecified atom stereocenters. The predicted molar refractivity (Wildman–Crippen MR) is 77.4 cm³/mol. The quantitative estimate of drug-likeness (QED) is 0.843. The van der Waals surface area contributed by atoms with Crippen LogP contribution < -0.4 is 0 Å². The van der Waals surface area contributed by atoms with Crippen molar-refractivity contribution in [3.05, 3.63) is 30.1 Å². The number of piperidine rings is 1. The van der Waals surface area contributed by atoms with Gasteiger partial charge in [-0.1, -0.05) is 0 Å². The maximum absolute atomic E-state index is 6.02. The largest absolute Gasteiger partial charge is 0.384 e. The Labute approximate surface area is 121 Å². The van der Waals surface area contributed by atoms with Crippen LogP contribution in [-0.2, 0) is 16.0 Å². The summed E-state index contributed by atoms with van der Waals surface area (Å²) in [6, 6.07) is 4.21. The molecule has 1 aromatic rings. The molecule has 2 aliphatic rings. The van der Waals surface area contributed by atoms with Crippen molar-refractivity contribution in [3.63, 3.8) is 0 Å². The molecule has 2 aliphatic heterocycles. The summed E-state index contributed by atoms with van der Waals surface area (Å²) in [7, 11) is 1.81. The molecule has 0 aromatic carbocycles. The van der Waals surface area contributed by atoms with Crippen LogP contribution in [0.4, 0.5) is 0 Å². The van der Waals surface area contributed by atoms with E-state index in [0.29, 0.717) is 6.10 Å². The van der Waals surface area contributed by atoms with Crippen molar-refractivity contribution < 1.29 is 9.47 Å². The van der Waals surface area contributed by atoms with Crippen LogP contribution >= 0.6 is 0 Å². The first-order chi connectivity index (χ1) is 9.82. The monoisotopic (exact) mass is 276 g/mol. The first kappa shape index (κ1) is 14.0. The SMILES string of the molecule is COC[C@@]12CCCO[C@@H]1CCN(Cc1ccncc1)C2. The van der Waals surface area contributed by atoms with Crippen molar-refractivity contribution in [2.45, 2.75) is 31.9 Å². The summed E-state index contributed by atoms with van der Waals surface area (Å²) in [5.41, 5.74) is 1.53. The van der Waals surface area contributed by atoms with Gasteiger partial charge in [0.15, 0.2) is 0 Å². The van der Waals surface area contributed by atoms with Gasteiger partial charge in [-0.3, -0.25) is 9.88 Å². The van der Waals surface area contributed by atoms with Crippen molar-refractivity contribution in [2.24, 2.45) is 5.41 Å². The lowest BCUT2D eigenvalue weighted by Gasteiger charge is -2.50. The average molecular weight is 276 g/mol. The van der Waals surface area contributed by atoms with Crippen molar-refractivity contribution in [2.75, 3.05) is 33.4 Å². The molecular formula is C16H24N2O2. The maximum atomic E-state index is 6.02. The van der Waals surface area contributed by atoms with E-state index >= 15 is 0 Å². The highest BCUT2D eigenvalue weighted by Gasteiger charge is 2.45. The second-order valence-electron chi connectivity index (χ2n) is 6.11. The van der Waals surface area contributed by atoms with Gasteiger partial charge in [0, 0.05) is 51.2 Å². The Morgan fingerprint density at radius 3 is 3.10 bits per heavy atom. The van der Waals surface area contributed by atoms with E-state index in [1.165, 1.54) is 12.0 Å². The zero-order chi connectivity index (χ0) is 13.8. The first-order valence-corrected chi connectivity index (χ1v) is 7.54. The number of aromatic nitrogens is 1. The first-order valence-electron chi connectivity index (χ1n) is 7.54. The fourth-order valence-electron chi connectivity index (χ4n) is 3.76. The normalized spacial score (nSPS) is 30.9. The molecule has 0 aliphatic carbocycles. The second-order valence-corrected chi connectivity index (χ2v) is 6.11. The molecule has 0 bridgehead atoms. The van der Waals surface area contributed by atoms with Crippen LogP contribution in [0.15, 0.2) is 24.5 Å². The van der Waals surface area contributed by atoms with Gasteiger partial charge in [-0.25, -0.2) is 0 Å². The molecular weight excluding hydrogens is 252 g/mol. The number of hydrogen-bond donors (Lipinski definition) is 0. The van der Waals surface area contributed by atoms with Crippen molar-refractivity contribution in [1.82, 2.24) is 9.88 Å². The van der Waals surface area contributed by atoms with Gasteiger partial charge >= 0.3 is 0 Å². The lowest BCUT2D eigenvalue weighted by atomic mass is 9.73. The molecule has 20 heavy (non-hydrogen) atoms. The fourth-order valence-corrected chi connectivity index (χ4v) is 3.76. The van der Waals surface area contributed by atoms with E-state index in [2.05, 4.69) is 22.0 Å². The van der Waals surface area contributed by atoms with Gasteiger partial charge in [0.2, 0.25) is 0 Å². The molecule has 3 rings (SSSR count). The maximum Gasteiger partial charge on any atom is 0.0677 e. The van der Waals surface area contributed by atoms with Crippen LogP contribution in [0.2, 0.25) is 0 Å². The highest BCUT2D eigenvalue weighted by molar-refractivity contribution is 5.10. The van der Waals surface area contributed by atoms with E-state index in [-0.39, 0.29) is 5.41 Å². The molecule has 0 spiro atoms. The smallest absolute Gasteiger partial charge is 0.0677 e. The zero-order valence-corrected chi connectivity index (χ0v) is 12.3. The molecule has 3 heterocycles. The lowest BCUT2D eigenvalue weighted by Crippen LogP contribution is -2.56. The molecule has 110 valence electrons. The van der Waals surface area contributed by atoms with Crippen LogP contribution in [0.3, 0.4) is 0 Å². The van der Waals surface area contributed by atoms with E-state index < -0.39 is 0 Å². The fraction of sp³-hybridized carbons (Fsp3) is 0.688.